The highest BCUT2D eigenvalue weighted by molar-refractivity contribution is 7.91. The van der Waals surface area contributed by atoms with Gasteiger partial charge in [0.2, 0.25) is 0 Å². The number of carbonyl (C=O) groups is 1. The number of carbonyl (C=O) groups excluding carboxylic acids is 1. The minimum absolute atomic E-state index is 0.0115. The normalized spacial score (nSPS) is 18.9. The minimum Gasteiger partial charge on any atom is -0.380 e. The number of benzene rings is 1. The quantitative estimate of drug-likeness (QED) is 0.825. The van der Waals surface area contributed by atoms with Crippen molar-refractivity contribution in [2.24, 2.45) is 0 Å². The molecule has 0 bridgehead atoms. The second-order valence-electron chi connectivity index (χ2n) is 6.20. The van der Waals surface area contributed by atoms with Crippen molar-refractivity contribution in [2.45, 2.75) is 18.6 Å². The van der Waals surface area contributed by atoms with Gasteiger partial charge in [-0.15, -0.1) is 0 Å². The first-order chi connectivity index (χ1) is 12.6. The molecular formula is C17H16F3N3O3S. The van der Waals surface area contributed by atoms with Gasteiger partial charge in [0.15, 0.2) is 9.84 Å². The third kappa shape index (κ3) is 4.76. The number of hydrogen-bond donors (Lipinski definition) is 2. The van der Waals surface area contributed by atoms with Crippen molar-refractivity contribution in [1.29, 1.82) is 0 Å². The van der Waals surface area contributed by atoms with Gasteiger partial charge in [0.05, 0.1) is 34.0 Å². The molecule has 6 nitrogen and oxygen atoms in total. The lowest BCUT2D eigenvalue weighted by atomic mass is 10.1. The van der Waals surface area contributed by atoms with Crippen LogP contribution < -0.4 is 10.6 Å². The second-order valence-corrected chi connectivity index (χ2v) is 8.43. The lowest BCUT2D eigenvalue weighted by Crippen LogP contribution is -2.21. The molecular weight excluding hydrogens is 383 g/mol. The smallest absolute Gasteiger partial charge is 0.380 e. The number of halogens is 3. The molecule has 0 radical (unpaired) electrons. The summed E-state index contributed by atoms with van der Waals surface area (Å²) in [6.07, 6.45) is -1.51. The Hall–Kier alpha value is -2.62. The van der Waals surface area contributed by atoms with Crippen LogP contribution in [0, 0.1) is 0 Å². The summed E-state index contributed by atoms with van der Waals surface area (Å²) < 4.78 is 62.1. The Labute approximate surface area is 153 Å². The zero-order valence-corrected chi connectivity index (χ0v) is 14.8. The predicted octanol–water partition coefficient (Wildman–Crippen LogP) is 2.95. The second kappa shape index (κ2) is 7.18. The van der Waals surface area contributed by atoms with E-state index in [1.54, 1.807) is 0 Å². The molecule has 2 aromatic rings. The first-order valence-electron chi connectivity index (χ1n) is 8.04. The predicted molar refractivity (Wildman–Crippen MR) is 94.3 cm³/mol. The molecule has 1 saturated heterocycles. The number of amides is 1. The summed E-state index contributed by atoms with van der Waals surface area (Å²) in [4.78, 5) is 16.2. The van der Waals surface area contributed by atoms with Gasteiger partial charge in [0.1, 0.15) is 0 Å². The van der Waals surface area contributed by atoms with Crippen molar-refractivity contribution in [3.8, 4) is 0 Å². The van der Waals surface area contributed by atoms with Crippen LogP contribution in [-0.2, 0) is 16.0 Å². The van der Waals surface area contributed by atoms with E-state index in [0.717, 1.165) is 6.07 Å². The average Bonchev–Trinajstić information content (AvgIpc) is 2.93. The Morgan fingerprint density at radius 1 is 1.19 bits per heavy atom. The molecule has 1 atom stereocenters. The maximum Gasteiger partial charge on any atom is 0.418 e. The molecule has 1 aromatic heterocycles. The number of sulfone groups is 1. The maximum absolute atomic E-state index is 13.0. The lowest BCUT2D eigenvalue weighted by Gasteiger charge is -2.15. The fourth-order valence-electron chi connectivity index (χ4n) is 2.82. The molecule has 0 spiro atoms. The molecule has 1 aliphatic rings. The maximum atomic E-state index is 13.0. The number of hydrogen-bond acceptors (Lipinski definition) is 5. The average molecular weight is 399 g/mol. The molecule has 0 aliphatic carbocycles. The Kier molecular flexibility index (Phi) is 5.09. The number of aromatic nitrogens is 1. The molecule has 0 saturated carbocycles. The highest BCUT2D eigenvalue weighted by Gasteiger charge is 2.33. The molecule has 3 rings (SSSR count). The highest BCUT2D eigenvalue weighted by atomic mass is 32.2. The zero-order valence-electron chi connectivity index (χ0n) is 14.0. The van der Waals surface area contributed by atoms with Crippen LogP contribution in [0.3, 0.4) is 0 Å². The Balaban J connectivity index is 1.75. The van der Waals surface area contributed by atoms with Crippen molar-refractivity contribution < 1.29 is 26.4 Å². The van der Waals surface area contributed by atoms with E-state index >= 15 is 0 Å². The number of nitrogens with one attached hydrogen (secondary N) is 2. The van der Waals surface area contributed by atoms with Gasteiger partial charge in [-0.1, -0.05) is 12.1 Å². The van der Waals surface area contributed by atoms with Gasteiger partial charge in [-0.25, -0.2) is 8.42 Å². The fraction of sp³-hybridized carbons (Fsp3) is 0.294. The summed E-state index contributed by atoms with van der Waals surface area (Å²) in [6.45, 7) is 0. The van der Waals surface area contributed by atoms with Crippen LogP contribution in [0.2, 0.25) is 0 Å². The van der Waals surface area contributed by atoms with Gasteiger partial charge >= 0.3 is 6.18 Å². The number of rotatable bonds is 4. The topological polar surface area (TPSA) is 88.2 Å². The molecule has 1 aliphatic heterocycles. The molecule has 1 amide bonds. The summed E-state index contributed by atoms with van der Waals surface area (Å²) in [5.74, 6) is -0.670. The first-order valence-corrected chi connectivity index (χ1v) is 9.86. The number of anilines is 2. The Bertz CT molecular complexity index is 961. The summed E-state index contributed by atoms with van der Waals surface area (Å²) in [5.41, 5.74) is -0.821. The van der Waals surface area contributed by atoms with Crippen LogP contribution >= 0.6 is 0 Å². The van der Waals surface area contributed by atoms with Crippen molar-refractivity contribution in [1.82, 2.24) is 4.98 Å². The summed E-state index contributed by atoms with van der Waals surface area (Å²) in [5, 5.41) is 5.23. The van der Waals surface area contributed by atoms with Gasteiger partial charge in [0, 0.05) is 18.4 Å². The van der Waals surface area contributed by atoms with E-state index < -0.39 is 27.5 Å². The van der Waals surface area contributed by atoms with E-state index in [1.165, 1.54) is 36.7 Å². The van der Waals surface area contributed by atoms with Crippen molar-refractivity contribution >= 4 is 27.1 Å². The SMILES string of the molecule is O=C(Nc1ccccc1C(F)(F)F)c1cncc(NC2CCS(=O)(=O)C2)c1. The van der Waals surface area contributed by atoms with E-state index in [1.807, 2.05) is 0 Å². The zero-order chi connectivity index (χ0) is 19.7. The van der Waals surface area contributed by atoms with Crippen molar-refractivity contribution in [2.75, 3.05) is 22.1 Å². The van der Waals surface area contributed by atoms with Crippen LogP contribution in [0.25, 0.3) is 0 Å². The minimum atomic E-state index is -4.60. The Morgan fingerprint density at radius 3 is 2.59 bits per heavy atom. The molecule has 1 unspecified atom stereocenters. The summed E-state index contributed by atoms with van der Waals surface area (Å²) in [7, 11) is -3.07. The largest absolute Gasteiger partial charge is 0.418 e. The highest BCUT2D eigenvalue weighted by Crippen LogP contribution is 2.34. The summed E-state index contributed by atoms with van der Waals surface area (Å²) >= 11 is 0. The standard InChI is InChI=1S/C17H16F3N3O3S/c18-17(19,20)14-3-1-2-4-15(14)23-16(24)11-7-13(9-21-8-11)22-12-5-6-27(25,26)10-12/h1-4,7-9,12,22H,5-6,10H2,(H,23,24). The van der Waals surface area contributed by atoms with Gasteiger partial charge in [0.25, 0.3) is 5.91 Å². The van der Waals surface area contributed by atoms with Crippen molar-refractivity contribution in [3.05, 3.63) is 53.9 Å². The van der Waals surface area contributed by atoms with Crippen molar-refractivity contribution in [3.63, 3.8) is 0 Å². The first kappa shape index (κ1) is 19.2. The molecule has 1 aromatic carbocycles. The molecule has 144 valence electrons. The monoisotopic (exact) mass is 399 g/mol. The van der Waals surface area contributed by atoms with Crippen LogP contribution in [-0.4, -0.2) is 36.9 Å². The molecule has 1 fully saturated rings. The van der Waals surface area contributed by atoms with Crippen LogP contribution in [0.5, 0.6) is 0 Å². The molecule has 2 N–H and O–H groups in total. The van der Waals surface area contributed by atoms with Crippen LogP contribution in [0.4, 0.5) is 24.5 Å². The van der Waals surface area contributed by atoms with Gasteiger partial charge in [-0.3, -0.25) is 9.78 Å². The molecule has 2 heterocycles. The number of para-hydroxylation sites is 1. The number of pyridine rings is 1. The third-order valence-corrected chi connectivity index (χ3v) is 5.85. The third-order valence-electron chi connectivity index (χ3n) is 4.08. The number of alkyl halides is 3. The molecule has 10 heteroatoms. The van der Waals surface area contributed by atoms with E-state index in [-0.39, 0.29) is 28.8 Å². The molecule has 27 heavy (non-hydrogen) atoms. The lowest BCUT2D eigenvalue weighted by molar-refractivity contribution is -0.136. The van der Waals surface area contributed by atoms with E-state index in [0.29, 0.717) is 12.1 Å². The fourth-order valence-corrected chi connectivity index (χ4v) is 4.49. The van der Waals surface area contributed by atoms with Crippen LogP contribution in [0.1, 0.15) is 22.3 Å². The summed E-state index contributed by atoms with van der Waals surface area (Å²) in [6, 6.07) is 5.80. The van der Waals surface area contributed by atoms with E-state index in [4.69, 9.17) is 0 Å². The van der Waals surface area contributed by atoms with Gasteiger partial charge in [-0.05, 0) is 24.6 Å². The van der Waals surface area contributed by atoms with E-state index in [9.17, 15) is 26.4 Å². The van der Waals surface area contributed by atoms with Gasteiger partial charge in [-0.2, -0.15) is 13.2 Å². The van der Waals surface area contributed by atoms with Gasteiger partial charge < -0.3 is 10.6 Å². The van der Waals surface area contributed by atoms with E-state index in [2.05, 4.69) is 15.6 Å². The number of nitrogens with zero attached hydrogens (tertiary/aromatic N) is 1. The Morgan fingerprint density at radius 2 is 1.93 bits per heavy atom. The van der Waals surface area contributed by atoms with Crippen LogP contribution in [0.15, 0.2) is 42.7 Å².